The first kappa shape index (κ1) is 18.4. The van der Waals surface area contributed by atoms with Crippen molar-refractivity contribution < 1.29 is 4.39 Å². The Kier molecular flexibility index (Phi) is 4.52. The second kappa shape index (κ2) is 7.35. The van der Waals surface area contributed by atoms with E-state index < -0.39 is 0 Å². The van der Waals surface area contributed by atoms with E-state index in [0.29, 0.717) is 22.5 Å². The molecule has 0 amide bonds. The molecule has 5 nitrogen and oxygen atoms in total. The third kappa shape index (κ3) is 3.13. The van der Waals surface area contributed by atoms with Crippen LogP contribution in [-0.2, 0) is 0 Å². The standard InChI is InChI=1S/C23H14BrFN4O/c24-16-8-6-15(7-9-16)21-27-22-20(14-26-29(22)19-4-2-1-3-5-19)23(30)28(21)18-12-10-17(25)11-13-18/h1-14H. The zero-order valence-corrected chi connectivity index (χ0v) is 17.1. The molecule has 0 saturated carbocycles. The summed E-state index contributed by atoms with van der Waals surface area (Å²) < 4.78 is 17.5. The third-order valence-electron chi connectivity index (χ3n) is 4.79. The van der Waals surface area contributed by atoms with Crippen LogP contribution in [0.25, 0.3) is 33.8 Å². The van der Waals surface area contributed by atoms with E-state index in [4.69, 9.17) is 4.98 Å². The highest BCUT2D eigenvalue weighted by Crippen LogP contribution is 2.25. The second-order valence-electron chi connectivity index (χ2n) is 6.69. The van der Waals surface area contributed by atoms with Crippen molar-refractivity contribution in [1.82, 2.24) is 19.3 Å². The summed E-state index contributed by atoms with van der Waals surface area (Å²) in [5.74, 6) is 0.0761. The van der Waals surface area contributed by atoms with Gasteiger partial charge in [-0.15, -0.1) is 0 Å². The maximum Gasteiger partial charge on any atom is 0.269 e. The number of aromatic nitrogens is 4. The van der Waals surface area contributed by atoms with Crippen molar-refractivity contribution in [2.24, 2.45) is 0 Å². The van der Waals surface area contributed by atoms with E-state index in [9.17, 15) is 9.18 Å². The molecule has 30 heavy (non-hydrogen) atoms. The third-order valence-corrected chi connectivity index (χ3v) is 5.32. The van der Waals surface area contributed by atoms with Gasteiger partial charge < -0.3 is 0 Å². The topological polar surface area (TPSA) is 52.7 Å². The van der Waals surface area contributed by atoms with E-state index in [-0.39, 0.29) is 11.4 Å². The van der Waals surface area contributed by atoms with Crippen LogP contribution in [0.3, 0.4) is 0 Å². The summed E-state index contributed by atoms with van der Waals surface area (Å²) in [7, 11) is 0. The SMILES string of the molecule is O=c1c2cnn(-c3ccccc3)c2nc(-c2ccc(Br)cc2)n1-c1ccc(F)cc1. The molecule has 0 bridgehead atoms. The summed E-state index contributed by atoms with van der Waals surface area (Å²) in [6, 6.07) is 22.8. The van der Waals surface area contributed by atoms with Crippen molar-refractivity contribution in [3.63, 3.8) is 0 Å². The van der Waals surface area contributed by atoms with Crippen molar-refractivity contribution in [2.75, 3.05) is 0 Å². The lowest BCUT2D eigenvalue weighted by atomic mass is 10.2. The molecule has 0 fully saturated rings. The molecule has 2 heterocycles. The molecule has 5 aromatic rings. The Morgan fingerprint density at radius 3 is 2.23 bits per heavy atom. The zero-order valence-electron chi connectivity index (χ0n) is 15.5. The van der Waals surface area contributed by atoms with E-state index in [1.165, 1.54) is 22.9 Å². The van der Waals surface area contributed by atoms with Gasteiger partial charge in [-0.25, -0.2) is 14.1 Å². The number of halogens is 2. The molecule has 7 heteroatoms. The molecule has 0 N–H and O–H groups in total. The maximum atomic E-state index is 13.5. The van der Waals surface area contributed by atoms with Gasteiger partial charge in [-0.2, -0.15) is 5.10 Å². The van der Waals surface area contributed by atoms with Crippen LogP contribution in [0.5, 0.6) is 0 Å². The lowest BCUT2D eigenvalue weighted by molar-refractivity contribution is 0.627. The van der Waals surface area contributed by atoms with Crippen LogP contribution in [0.1, 0.15) is 0 Å². The smallest absolute Gasteiger partial charge is 0.268 e. The lowest BCUT2D eigenvalue weighted by Crippen LogP contribution is -2.22. The van der Waals surface area contributed by atoms with Gasteiger partial charge >= 0.3 is 0 Å². The van der Waals surface area contributed by atoms with Crippen molar-refractivity contribution in [2.45, 2.75) is 0 Å². The predicted octanol–water partition coefficient (Wildman–Crippen LogP) is 5.14. The van der Waals surface area contributed by atoms with E-state index in [1.807, 2.05) is 54.6 Å². The van der Waals surface area contributed by atoms with Crippen LogP contribution in [0, 0.1) is 5.82 Å². The minimum Gasteiger partial charge on any atom is -0.268 e. The Morgan fingerprint density at radius 2 is 1.53 bits per heavy atom. The molecule has 0 aliphatic carbocycles. The van der Waals surface area contributed by atoms with Crippen molar-refractivity contribution in [1.29, 1.82) is 0 Å². The fourth-order valence-corrected chi connectivity index (χ4v) is 3.61. The van der Waals surface area contributed by atoms with Gasteiger partial charge in [0.25, 0.3) is 5.56 Å². The van der Waals surface area contributed by atoms with Crippen LogP contribution in [0.4, 0.5) is 4.39 Å². The predicted molar refractivity (Wildman–Crippen MR) is 118 cm³/mol. The lowest BCUT2D eigenvalue weighted by Gasteiger charge is -2.13. The summed E-state index contributed by atoms with van der Waals surface area (Å²) in [6.07, 6.45) is 1.52. The Hall–Kier alpha value is -3.58. The van der Waals surface area contributed by atoms with Gasteiger partial charge in [-0.1, -0.05) is 46.3 Å². The normalized spacial score (nSPS) is 11.1. The summed E-state index contributed by atoms with van der Waals surface area (Å²) in [4.78, 5) is 18.3. The number of nitrogens with zero attached hydrogens (tertiary/aromatic N) is 4. The summed E-state index contributed by atoms with van der Waals surface area (Å²) in [6.45, 7) is 0. The number of hydrogen-bond acceptors (Lipinski definition) is 3. The van der Waals surface area contributed by atoms with Gasteiger partial charge in [0, 0.05) is 10.0 Å². The number of rotatable bonds is 3. The van der Waals surface area contributed by atoms with Crippen LogP contribution < -0.4 is 5.56 Å². The Bertz CT molecular complexity index is 1410. The first-order valence-electron chi connectivity index (χ1n) is 9.20. The highest BCUT2D eigenvalue weighted by atomic mass is 79.9. The van der Waals surface area contributed by atoms with Gasteiger partial charge in [-0.05, 0) is 48.5 Å². The van der Waals surface area contributed by atoms with Gasteiger partial charge in [0.2, 0.25) is 0 Å². The molecular weight excluding hydrogens is 447 g/mol. The molecule has 0 aliphatic heterocycles. The van der Waals surface area contributed by atoms with Crippen LogP contribution >= 0.6 is 15.9 Å². The second-order valence-corrected chi connectivity index (χ2v) is 7.60. The molecule has 0 unspecified atom stereocenters. The summed E-state index contributed by atoms with van der Waals surface area (Å²) in [5.41, 5.74) is 2.28. The monoisotopic (exact) mass is 460 g/mol. The number of hydrogen-bond donors (Lipinski definition) is 0. The number of fused-ring (bicyclic) bond motifs is 1. The summed E-state index contributed by atoms with van der Waals surface area (Å²) in [5, 5.41) is 4.78. The van der Waals surface area contributed by atoms with Crippen LogP contribution in [-0.4, -0.2) is 19.3 Å². The van der Waals surface area contributed by atoms with Gasteiger partial charge in [0.05, 0.1) is 17.6 Å². The molecular formula is C23H14BrFN4O. The molecule has 0 atom stereocenters. The van der Waals surface area contributed by atoms with Gasteiger partial charge in [-0.3, -0.25) is 9.36 Å². The van der Waals surface area contributed by atoms with E-state index in [0.717, 1.165) is 15.7 Å². The zero-order chi connectivity index (χ0) is 20.7. The number of para-hydroxylation sites is 1. The van der Waals surface area contributed by atoms with Crippen LogP contribution in [0.2, 0.25) is 0 Å². The molecule has 0 radical (unpaired) electrons. The molecule has 0 aliphatic rings. The average Bonchev–Trinajstić information content (AvgIpc) is 3.20. The van der Waals surface area contributed by atoms with Crippen molar-refractivity contribution >= 4 is 27.0 Å². The molecule has 2 aromatic heterocycles. The fourth-order valence-electron chi connectivity index (χ4n) is 3.35. The van der Waals surface area contributed by atoms with E-state index >= 15 is 0 Å². The number of benzene rings is 3. The van der Waals surface area contributed by atoms with E-state index in [1.54, 1.807) is 16.8 Å². The first-order valence-corrected chi connectivity index (χ1v) is 9.99. The van der Waals surface area contributed by atoms with Gasteiger partial charge in [0.15, 0.2) is 5.65 Å². The largest absolute Gasteiger partial charge is 0.269 e. The Balaban J connectivity index is 1.85. The van der Waals surface area contributed by atoms with Crippen LogP contribution in [0.15, 0.2) is 94.3 Å². The summed E-state index contributed by atoms with van der Waals surface area (Å²) >= 11 is 3.43. The minimum absolute atomic E-state index is 0.272. The Labute approximate surface area is 179 Å². The molecule has 5 rings (SSSR count). The van der Waals surface area contributed by atoms with Gasteiger partial charge in [0.1, 0.15) is 17.0 Å². The quantitative estimate of drug-likeness (QED) is 0.374. The average molecular weight is 461 g/mol. The van der Waals surface area contributed by atoms with Crippen molar-refractivity contribution in [3.8, 4) is 22.8 Å². The maximum absolute atomic E-state index is 13.5. The minimum atomic E-state index is -0.372. The molecule has 0 spiro atoms. The molecule has 0 saturated heterocycles. The first-order chi connectivity index (χ1) is 14.6. The Morgan fingerprint density at radius 1 is 0.833 bits per heavy atom. The fraction of sp³-hybridized carbons (Fsp3) is 0. The molecule has 146 valence electrons. The molecule has 3 aromatic carbocycles. The highest BCUT2D eigenvalue weighted by molar-refractivity contribution is 9.10. The highest BCUT2D eigenvalue weighted by Gasteiger charge is 2.18. The van der Waals surface area contributed by atoms with Crippen molar-refractivity contribution in [3.05, 3.63) is 106 Å². The van der Waals surface area contributed by atoms with E-state index in [2.05, 4.69) is 21.0 Å².